The quantitative estimate of drug-likeness (QED) is 0.185. The van der Waals surface area contributed by atoms with Gasteiger partial charge in [0.25, 0.3) is 0 Å². The summed E-state index contributed by atoms with van der Waals surface area (Å²) in [5.74, 6) is 0.839. The largest absolute Gasteiger partial charge is 0.455 e. The van der Waals surface area contributed by atoms with E-state index in [1.54, 1.807) is 0 Å². The molecule has 2 nitrogen and oxygen atoms in total. The first-order chi connectivity index (χ1) is 23.8. The highest BCUT2D eigenvalue weighted by molar-refractivity contribution is 6.28. The zero-order valence-corrected chi connectivity index (χ0v) is 26.0. The average Bonchev–Trinajstić information content (AvgIpc) is 3.73. The monoisotopic (exact) mass is 612 g/mol. The normalized spacial score (nSPS) is 11.8. The standard InChI is InChI=1S/C46H28O2/c1-3-15-29(16-4-1)31-19-7-8-21-33(31)41-34-22-9-11-24-36(34)42(37-25-12-10-23-35(37)41)44-43-40(48-45(44)30-17-5-2-6-18-30)28-27-38-32-20-13-14-26-39(32)47-46(38)43/h1-28H. The Morgan fingerprint density at radius 3 is 1.48 bits per heavy atom. The van der Waals surface area contributed by atoms with Crippen LogP contribution in [0.2, 0.25) is 0 Å². The predicted molar refractivity (Wildman–Crippen MR) is 200 cm³/mol. The van der Waals surface area contributed by atoms with Crippen molar-refractivity contribution >= 4 is 54.5 Å². The Balaban J connectivity index is 1.40. The molecule has 0 amide bonds. The van der Waals surface area contributed by atoms with Gasteiger partial charge in [-0.1, -0.05) is 152 Å². The molecule has 2 heteroatoms. The highest BCUT2D eigenvalue weighted by Gasteiger charge is 2.27. The van der Waals surface area contributed by atoms with E-state index in [-0.39, 0.29) is 0 Å². The molecule has 0 bridgehead atoms. The number of fused-ring (bicyclic) bond motifs is 7. The molecule has 0 aliphatic heterocycles. The minimum Gasteiger partial charge on any atom is -0.455 e. The summed E-state index contributed by atoms with van der Waals surface area (Å²) in [7, 11) is 0. The molecule has 0 N–H and O–H groups in total. The van der Waals surface area contributed by atoms with Gasteiger partial charge in [-0.3, -0.25) is 0 Å². The summed E-state index contributed by atoms with van der Waals surface area (Å²) in [6, 6.07) is 60.1. The Hall–Kier alpha value is -6.38. The molecular formula is C46H28O2. The van der Waals surface area contributed by atoms with Crippen LogP contribution >= 0.6 is 0 Å². The maximum Gasteiger partial charge on any atom is 0.147 e. The second-order valence-corrected chi connectivity index (χ2v) is 12.3. The van der Waals surface area contributed by atoms with Gasteiger partial charge in [0.05, 0.1) is 5.39 Å². The molecule has 0 radical (unpaired) electrons. The van der Waals surface area contributed by atoms with Crippen LogP contribution in [0.4, 0.5) is 0 Å². The topological polar surface area (TPSA) is 26.3 Å². The Morgan fingerprint density at radius 2 is 0.812 bits per heavy atom. The Kier molecular flexibility index (Phi) is 5.91. The predicted octanol–water partition coefficient (Wildman–Crippen LogP) is 13.3. The smallest absolute Gasteiger partial charge is 0.147 e. The van der Waals surface area contributed by atoms with E-state index in [1.165, 1.54) is 43.8 Å². The molecule has 224 valence electrons. The molecule has 10 rings (SSSR count). The van der Waals surface area contributed by atoms with Gasteiger partial charge in [-0.15, -0.1) is 0 Å². The van der Waals surface area contributed by atoms with Crippen molar-refractivity contribution in [1.82, 2.24) is 0 Å². The van der Waals surface area contributed by atoms with Crippen molar-refractivity contribution in [2.75, 3.05) is 0 Å². The van der Waals surface area contributed by atoms with E-state index in [9.17, 15) is 0 Å². The van der Waals surface area contributed by atoms with Crippen molar-refractivity contribution in [1.29, 1.82) is 0 Å². The van der Waals surface area contributed by atoms with Gasteiger partial charge in [-0.05, 0) is 62.0 Å². The number of hydrogen-bond donors (Lipinski definition) is 0. The highest BCUT2D eigenvalue weighted by atomic mass is 16.3. The number of hydrogen-bond acceptors (Lipinski definition) is 2. The molecule has 0 fully saturated rings. The lowest BCUT2D eigenvalue weighted by molar-refractivity contribution is 0.631. The van der Waals surface area contributed by atoms with Gasteiger partial charge < -0.3 is 8.83 Å². The van der Waals surface area contributed by atoms with Gasteiger partial charge in [0, 0.05) is 27.5 Å². The summed E-state index contributed by atoms with van der Waals surface area (Å²) in [4.78, 5) is 0. The van der Waals surface area contributed by atoms with Gasteiger partial charge in [0.1, 0.15) is 22.5 Å². The molecule has 0 unspecified atom stereocenters. The number of para-hydroxylation sites is 1. The summed E-state index contributed by atoms with van der Waals surface area (Å²) in [5.41, 5.74) is 10.6. The van der Waals surface area contributed by atoms with E-state index in [4.69, 9.17) is 8.83 Å². The molecular weight excluding hydrogens is 585 g/mol. The van der Waals surface area contributed by atoms with Gasteiger partial charge in [0.2, 0.25) is 0 Å². The number of benzene rings is 8. The molecule has 0 aliphatic carbocycles. The van der Waals surface area contributed by atoms with Crippen LogP contribution in [-0.4, -0.2) is 0 Å². The second kappa shape index (κ2) is 10.6. The van der Waals surface area contributed by atoms with Crippen LogP contribution in [0.1, 0.15) is 0 Å². The average molecular weight is 613 g/mol. The van der Waals surface area contributed by atoms with Gasteiger partial charge in [0.15, 0.2) is 0 Å². The van der Waals surface area contributed by atoms with E-state index >= 15 is 0 Å². The molecule has 2 aromatic heterocycles. The fourth-order valence-electron chi connectivity index (χ4n) is 7.66. The molecule has 0 saturated heterocycles. The van der Waals surface area contributed by atoms with Crippen LogP contribution in [0.25, 0.3) is 99.2 Å². The third-order valence-corrected chi connectivity index (χ3v) is 9.70. The summed E-state index contributed by atoms with van der Waals surface area (Å²) >= 11 is 0. The van der Waals surface area contributed by atoms with Gasteiger partial charge >= 0.3 is 0 Å². The van der Waals surface area contributed by atoms with Crippen LogP contribution in [-0.2, 0) is 0 Å². The molecule has 10 aromatic rings. The SMILES string of the molecule is c1ccc(-c2ccccc2-c2c3ccccc3c(-c3c(-c4ccccc4)oc4ccc5c6ccccc6oc5c34)c3ccccc23)cc1. The molecule has 8 aromatic carbocycles. The van der Waals surface area contributed by atoms with Crippen molar-refractivity contribution in [3.8, 4) is 44.7 Å². The van der Waals surface area contributed by atoms with E-state index in [0.29, 0.717) is 0 Å². The maximum atomic E-state index is 6.87. The van der Waals surface area contributed by atoms with Crippen molar-refractivity contribution in [2.24, 2.45) is 0 Å². The second-order valence-electron chi connectivity index (χ2n) is 12.3. The van der Waals surface area contributed by atoms with Crippen LogP contribution in [0.15, 0.2) is 179 Å². The fourth-order valence-corrected chi connectivity index (χ4v) is 7.66. The summed E-state index contributed by atoms with van der Waals surface area (Å²) in [6.45, 7) is 0. The molecule has 0 spiro atoms. The Labute approximate surface area is 277 Å². The summed E-state index contributed by atoms with van der Waals surface area (Å²) < 4.78 is 13.6. The fraction of sp³-hybridized carbons (Fsp3) is 0. The van der Waals surface area contributed by atoms with Gasteiger partial charge in [-0.2, -0.15) is 0 Å². The summed E-state index contributed by atoms with van der Waals surface area (Å²) in [6.07, 6.45) is 0. The molecule has 2 heterocycles. The van der Waals surface area contributed by atoms with Crippen molar-refractivity contribution < 1.29 is 8.83 Å². The van der Waals surface area contributed by atoms with Crippen LogP contribution in [0, 0.1) is 0 Å². The highest BCUT2D eigenvalue weighted by Crippen LogP contribution is 2.52. The lowest BCUT2D eigenvalue weighted by Gasteiger charge is -2.20. The van der Waals surface area contributed by atoms with E-state index in [0.717, 1.165) is 55.4 Å². The zero-order valence-electron chi connectivity index (χ0n) is 26.0. The minimum absolute atomic E-state index is 0.807. The molecule has 0 aliphatic rings. The lowest BCUT2D eigenvalue weighted by Crippen LogP contribution is -1.93. The zero-order chi connectivity index (χ0) is 31.6. The maximum absolute atomic E-state index is 6.87. The Bertz CT molecular complexity index is 2760. The minimum atomic E-state index is 0.807. The molecule has 0 atom stereocenters. The third-order valence-electron chi connectivity index (χ3n) is 9.70. The van der Waals surface area contributed by atoms with Crippen LogP contribution in [0.5, 0.6) is 0 Å². The van der Waals surface area contributed by atoms with E-state index in [2.05, 4.69) is 152 Å². The van der Waals surface area contributed by atoms with E-state index in [1.807, 2.05) is 18.2 Å². The van der Waals surface area contributed by atoms with Crippen LogP contribution < -0.4 is 0 Å². The lowest BCUT2D eigenvalue weighted by atomic mass is 9.83. The number of rotatable bonds is 4. The van der Waals surface area contributed by atoms with E-state index < -0.39 is 0 Å². The summed E-state index contributed by atoms with van der Waals surface area (Å²) in [5, 5.41) is 7.91. The first-order valence-electron chi connectivity index (χ1n) is 16.4. The third kappa shape index (κ3) is 3.93. The first-order valence-corrected chi connectivity index (χ1v) is 16.4. The van der Waals surface area contributed by atoms with Gasteiger partial charge in [-0.25, -0.2) is 0 Å². The van der Waals surface area contributed by atoms with Crippen molar-refractivity contribution in [3.05, 3.63) is 170 Å². The van der Waals surface area contributed by atoms with Crippen molar-refractivity contribution in [2.45, 2.75) is 0 Å². The number of furan rings is 2. The Morgan fingerprint density at radius 1 is 0.292 bits per heavy atom. The first kappa shape index (κ1) is 26.8. The van der Waals surface area contributed by atoms with Crippen LogP contribution in [0.3, 0.4) is 0 Å². The molecule has 0 saturated carbocycles. The molecule has 48 heavy (non-hydrogen) atoms. The van der Waals surface area contributed by atoms with Crippen molar-refractivity contribution in [3.63, 3.8) is 0 Å².